The van der Waals surface area contributed by atoms with E-state index in [1.807, 2.05) is 20.8 Å². The van der Waals surface area contributed by atoms with Crippen molar-refractivity contribution in [2.45, 2.75) is 46.8 Å². The lowest BCUT2D eigenvalue weighted by molar-refractivity contribution is -0.128. The fraction of sp³-hybridized carbons (Fsp3) is 0.900. The maximum absolute atomic E-state index is 11.2. The van der Waals surface area contributed by atoms with Crippen molar-refractivity contribution < 1.29 is 9.53 Å². The highest BCUT2D eigenvalue weighted by Gasteiger charge is 2.10. The van der Waals surface area contributed by atoms with E-state index >= 15 is 0 Å². The molecule has 0 saturated carbocycles. The summed E-state index contributed by atoms with van der Waals surface area (Å²) in [6.07, 6.45) is 0.111. The molecule has 13 heavy (non-hydrogen) atoms. The van der Waals surface area contributed by atoms with Crippen LogP contribution >= 0.6 is 0 Å². The van der Waals surface area contributed by atoms with Crippen LogP contribution in [0.2, 0.25) is 0 Å². The van der Waals surface area contributed by atoms with Gasteiger partial charge in [0.1, 0.15) is 6.61 Å². The Balaban J connectivity index is 3.62. The van der Waals surface area contributed by atoms with Gasteiger partial charge >= 0.3 is 0 Å². The van der Waals surface area contributed by atoms with Crippen molar-refractivity contribution in [2.24, 2.45) is 5.92 Å². The van der Waals surface area contributed by atoms with Crippen molar-refractivity contribution in [3.05, 3.63) is 0 Å². The zero-order valence-corrected chi connectivity index (χ0v) is 9.26. The summed E-state index contributed by atoms with van der Waals surface area (Å²) in [4.78, 5) is 11.2. The second-order valence-corrected chi connectivity index (χ2v) is 3.96. The van der Waals surface area contributed by atoms with Gasteiger partial charge in [-0.25, -0.2) is 0 Å². The van der Waals surface area contributed by atoms with Crippen LogP contribution in [0.3, 0.4) is 0 Å². The minimum absolute atomic E-state index is 0.0325. The predicted octanol–water partition coefficient (Wildman–Crippen LogP) is 1.57. The number of carbonyl (C=O) groups excluding carboxylic acids is 1. The second-order valence-electron chi connectivity index (χ2n) is 3.96. The standard InChI is InChI=1S/C10H21NO2/c1-7(2)9(5)11-10(12)6-13-8(3)4/h7-9H,6H2,1-5H3,(H,11,12). The molecule has 0 aromatic heterocycles. The quantitative estimate of drug-likeness (QED) is 0.709. The van der Waals surface area contributed by atoms with Gasteiger partial charge in [-0.2, -0.15) is 0 Å². The van der Waals surface area contributed by atoms with Crippen molar-refractivity contribution in [2.75, 3.05) is 6.61 Å². The number of amides is 1. The molecule has 1 unspecified atom stereocenters. The molecule has 0 aliphatic carbocycles. The Labute approximate surface area is 80.8 Å². The summed E-state index contributed by atoms with van der Waals surface area (Å²) in [6, 6.07) is 0.211. The highest BCUT2D eigenvalue weighted by molar-refractivity contribution is 5.77. The van der Waals surface area contributed by atoms with Crippen LogP contribution in [-0.2, 0) is 9.53 Å². The van der Waals surface area contributed by atoms with Gasteiger partial charge in [0.2, 0.25) is 5.91 Å². The molecule has 3 nitrogen and oxygen atoms in total. The van der Waals surface area contributed by atoms with Gasteiger partial charge in [0, 0.05) is 6.04 Å². The summed E-state index contributed by atoms with van der Waals surface area (Å²) >= 11 is 0. The Hall–Kier alpha value is -0.570. The summed E-state index contributed by atoms with van der Waals surface area (Å²) < 4.78 is 5.17. The van der Waals surface area contributed by atoms with Crippen LogP contribution < -0.4 is 5.32 Å². The van der Waals surface area contributed by atoms with E-state index in [0.29, 0.717) is 5.92 Å². The molecule has 0 fully saturated rings. The molecule has 3 heteroatoms. The molecule has 0 aromatic rings. The van der Waals surface area contributed by atoms with Crippen LogP contribution in [0.5, 0.6) is 0 Å². The molecule has 78 valence electrons. The zero-order valence-electron chi connectivity index (χ0n) is 9.26. The monoisotopic (exact) mass is 187 g/mol. The first-order valence-corrected chi connectivity index (χ1v) is 4.84. The van der Waals surface area contributed by atoms with E-state index in [0.717, 1.165) is 0 Å². The molecule has 0 rings (SSSR count). The average Bonchev–Trinajstić information content (AvgIpc) is 2.00. The van der Waals surface area contributed by atoms with Crippen molar-refractivity contribution in [3.63, 3.8) is 0 Å². The Bertz CT molecular complexity index is 155. The molecule has 1 N–H and O–H groups in total. The summed E-state index contributed by atoms with van der Waals surface area (Å²) in [5.74, 6) is 0.429. The maximum Gasteiger partial charge on any atom is 0.246 e. The highest BCUT2D eigenvalue weighted by atomic mass is 16.5. The van der Waals surface area contributed by atoms with E-state index in [-0.39, 0.29) is 24.7 Å². The van der Waals surface area contributed by atoms with E-state index in [4.69, 9.17) is 4.74 Å². The Kier molecular flexibility index (Phi) is 5.71. The summed E-state index contributed by atoms with van der Waals surface area (Å²) in [5, 5.41) is 2.87. The van der Waals surface area contributed by atoms with Gasteiger partial charge in [0.25, 0.3) is 0 Å². The van der Waals surface area contributed by atoms with E-state index in [1.165, 1.54) is 0 Å². The van der Waals surface area contributed by atoms with Gasteiger partial charge in [-0.1, -0.05) is 13.8 Å². The third-order valence-corrected chi connectivity index (χ3v) is 1.94. The lowest BCUT2D eigenvalue weighted by atomic mass is 10.1. The van der Waals surface area contributed by atoms with Crippen LogP contribution in [0.15, 0.2) is 0 Å². The van der Waals surface area contributed by atoms with Crippen molar-refractivity contribution in [1.82, 2.24) is 5.32 Å². The third-order valence-electron chi connectivity index (χ3n) is 1.94. The SMILES string of the molecule is CC(C)OCC(=O)NC(C)C(C)C. The van der Waals surface area contributed by atoms with E-state index < -0.39 is 0 Å². The van der Waals surface area contributed by atoms with Gasteiger partial charge in [-0.05, 0) is 26.7 Å². The summed E-state index contributed by atoms with van der Waals surface area (Å²) in [6.45, 7) is 10.1. The normalized spacial score (nSPS) is 13.5. The van der Waals surface area contributed by atoms with Crippen LogP contribution in [0.25, 0.3) is 0 Å². The second kappa shape index (κ2) is 5.97. The fourth-order valence-electron chi connectivity index (χ4n) is 0.705. The first kappa shape index (κ1) is 12.4. The zero-order chi connectivity index (χ0) is 10.4. The molecule has 0 saturated heterocycles. The number of nitrogens with one attached hydrogen (secondary N) is 1. The van der Waals surface area contributed by atoms with E-state index in [1.54, 1.807) is 0 Å². The molecular weight excluding hydrogens is 166 g/mol. The molecule has 1 amide bonds. The Morgan fingerprint density at radius 1 is 1.23 bits per heavy atom. The van der Waals surface area contributed by atoms with Gasteiger partial charge in [-0.15, -0.1) is 0 Å². The highest BCUT2D eigenvalue weighted by Crippen LogP contribution is 1.99. The maximum atomic E-state index is 11.2. The van der Waals surface area contributed by atoms with Crippen molar-refractivity contribution in [1.29, 1.82) is 0 Å². The smallest absolute Gasteiger partial charge is 0.246 e. The van der Waals surface area contributed by atoms with Crippen LogP contribution in [0.1, 0.15) is 34.6 Å². The molecule has 0 spiro atoms. The molecule has 1 atom stereocenters. The van der Waals surface area contributed by atoms with Gasteiger partial charge in [-0.3, -0.25) is 4.79 Å². The topological polar surface area (TPSA) is 38.3 Å². The third kappa shape index (κ3) is 6.58. The first-order chi connectivity index (χ1) is 5.93. The molecule has 0 radical (unpaired) electrons. The average molecular weight is 187 g/mol. The summed E-state index contributed by atoms with van der Waals surface area (Å²) in [7, 11) is 0. The van der Waals surface area contributed by atoms with E-state index in [2.05, 4.69) is 19.2 Å². The summed E-state index contributed by atoms with van der Waals surface area (Å²) in [5.41, 5.74) is 0. The number of carbonyl (C=O) groups is 1. The molecule has 0 heterocycles. The molecule has 0 aromatic carbocycles. The van der Waals surface area contributed by atoms with Crippen LogP contribution in [0.4, 0.5) is 0 Å². The Morgan fingerprint density at radius 3 is 2.15 bits per heavy atom. The fourth-order valence-corrected chi connectivity index (χ4v) is 0.705. The first-order valence-electron chi connectivity index (χ1n) is 4.84. The molecule has 0 bridgehead atoms. The van der Waals surface area contributed by atoms with Crippen molar-refractivity contribution >= 4 is 5.91 Å². The van der Waals surface area contributed by atoms with Crippen LogP contribution in [-0.4, -0.2) is 24.7 Å². The molecule has 0 aliphatic rings. The largest absolute Gasteiger partial charge is 0.369 e. The van der Waals surface area contributed by atoms with Gasteiger partial charge < -0.3 is 10.1 Å². The van der Waals surface area contributed by atoms with Gasteiger partial charge in [0.05, 0.1) is 6.10 Å². The lowest BCUT2D eigenvalue weighted by Gasteiger charge is -2.17. The minimum Gasteiger partial charge on any atom is -0.369 e. The molecule has 0 aliphatic heterocycles. The molecular formula is C10H21NO2. The van der Waals surface area contributed by atoms with Gasteiger partial charge in [0.15, 0.2) is 0 Å². The Morgan fingerprint density at radius 2 is 1.77 bits per heavy atom. The number of ether oxygens (including phenoxy) is 1. The van der Waals surface area contributed by atoms with Crippen LogP contribution in [0, 0.1) is 5.92 Å². The number of rotatable bonds is 5. The van der Waals surface area contributed by atoms with Crippen molar-refractivity contribution in [3.8, 4) is 0 Å². The lowest BCUT2D eigenvalue weighted by Crippen LogP contribution is -2.38. The van der Waals surface area contributed by atoms with E-state index in [9.17, 15) is 4.79 Å². The minimum atomic E-state index is -0.0325. The predicted molar refractivity (Wildman–Crippen MR) is 53.5 cm³/mol. The number of hydrogen-bond donors (Lipinski definition) is 1. The number of hydrogen-bond acceptors (Lipinski definition) is 2.